The van der Waals surface area contributed by atoms with E-state index in [1.165, 1.54) is 0 Å². The van der Waals surface area contributed by atoms with Crippen molar-refractivity contribution in [2.75, 3.05) is 0 Å². The lowest BCUT2D eigenvalue weighted by Crippen LogP contribution is -2.27. The molecule has 0 aliphatic heterocycles. The SMILES string of the molecule is N#CCCC(C#N)(c1ccccc1)c1cnccn1. The van der Waals surface area contributed by atoms with Crippen molar-refractivity contribution in [3.8, 4) is 12.1 Å². The number of hydrogen-bond donors (Lipinski definition) is 0. The first kappa shape index (κ1) is 12.7. The second kappa shape index (κ2) is 5.75. The van der Waals surface area contributed by atoms with E-state index in [4.69, 9.17) is 5.26 Å². The monoisotopic (exact) mass is 248 g/mol. The van der Waals surface area contributed by atoms with Gasteiger partial charge in [0.25, 0.3) is 0 Å². The Hall–Kier alpha value is -2.72. The summed E-state index contributed by atoms with van der Waals surface area (Å²) in [5.74, 6) is 0. The van der Waals surface area contributed by atoms with Crippen molar-refractivity contribution in [2.24, 2.45) is 0 Å². The molecule has 1 aromatic heterocycles. The summed E-state index contributed by atoms with van der Waals surface area (Å²) in [4.78, 5) is 8.29. The Morgan fingerprint density at radius 2 is 1.89 bits per heavy atom. The average molecular weight is 248 g/mol. The molecule has 0 saturated carbocycles. The third-order valence-corrected chi connectivity index (χ3v) is 3.07. The van der Waals surface area contributed by atoms with Crippen molar-refractivity contribution >= 4 is 0 Å². The Balaban J connectivity index is 2.56. The van der Waals surface area contributed by atoms with E-state index < -0.39 is 5.41 Å². The van der Waals surface area contributed by atoms with Crippen molar-refractivity contribution in [1.29, 1.82) is 10.5 Å². The number of rotatable bonds is 4. The molecule has 0 fully saturated rings. The van der Waals surface area contributed by atoms with Crippen LogP contribution in [0.2, 0.25) is 0 Å². The molecule has 0 bridgehead atoms. The van der Waals surface area contributed by atoms with E-state index in [0.717, 1.165) is 5.56 Å². The van der Waals surface area contributed by atoms with Crippen molar-refractivity contribution in [2.45, 2.75) is 18.3 Å². The quantitative estimate of drug-likeness (QED) is 0.833. The third kappa shape index (κ3) is 2.43. The molecule has 1 aromatic carbocycles. The predicted molar refractivity (Wildman–Crippen MR) is 69.7 cm³/mol. The van der Waals surface area contributed by atoms with Gasteiger partial charge >= 0.3 is 0 Å². The molecule has 0 amide bonds. The zero-order chi connectivity index (χ0) is 13.6. The van der Waals surface area contributed by atoms with Gasteiger partial charge in [0.05, 0.1) is 24.0 Å². The average Bonchev–Trinajstić information content (AvgIpc) is 2.51. The fourth-order valence-corrected chi connectivity index (χ4v) is 2.08. The summed E-state index contributed by atoms with van der Waals surface area (Å²) in [7, 11) is 0. The zero-order valence-corrected chi connectivity index (χ0v) is 10.3. The highest BCUT2D eigenvalue weighted by atomic mass is 14.8. The highest BCUT2D eigenvalue weighted by molar-refractivity contribution is 5.42. The summed E-state index contributed by atoms with van der Waals surface area (Å²) >= 11 is 0. The molecular weight excluding hydrogens is 236 g/mol. The van der Waals surface area contributed by atoms with Crippen LogP contribution in [0.15, 0.2) is 48.9 Å². The number of benzene rings is 1. The molecule has 0 aliphatic rings. The Morgan fingerprint density at radius 1 is 1.11 bits per heavy atom. The molecule has 4 heteroatoms. The molecule has 0 aliphatic carbocycles. The molecule has 1 heterocycles. The van der Waals surface area contributed by atoms with E-state index in [1.807, 2.05) is 30.3 Å². The van der Waals surface area contributed by atoms with Crippen molar-refractivity contribution in [3.63, 3.8) is 0 Å². The summed E-state index contributed by atoms with van der Waals surface area (Å²) in [6.45, 7) is 0. The Kier molecular flexibility index (Phi) is 3.85. The van der Waals surface area contributed by atoms with Gasteiger partial charge in [-0.2, -0.15) is 10.5 Å². The van der Waals surface area contributed by atoms with Crippen molar-refractivity contribution in [1.82, 2.24) is 9.97 Å². The van der Waals surface area contributed by atoms with Crippen LogP contribution in [0.1, 0.15) is 24.1 Å². The van der Waals surface area contributed by atoms with Gasteiger partial charge in [-0.25, -0.2) is 0 Å². The van der Waals surface area contributed by atoms with E-state index in [-0.39, 0.29) is 0 Å². The lowest BCUT2D eigenvalue weighted by atomic mass is 9.75. The van der Waals surface area contributed by atoms with Gasteiger partial charge in [0.1, 0.15) is 5.41 Å². The summed E-state index contributed by atoms with van der Waals surface area (Å²) in [6, 6.07) is 13.8. The fourth-order valence-electron chi connectivity index (χ4n) is 2.08. The maximum atomic E-state index is 9.68. The number of nitriles is 2. The van der Waals surface area contributed by atoms with Crippen LogP contribution in [0.5, 0.6) is 0 Å². The Morgan fingerprint density at radius 3 is 2.47 bits per heavy atom. The minimum Gasteiger partial charge on any atom is -0.261 e. The Labute approximate surface area is 112 Å². The van der Waals surface area contributed by atoms with Crippen LogP contribution in [-0.4, -0.2) is 9.97 Å². The number of hydrogen-bond acceptors (Lipinski definition) is 4. The fraction of sp³-hybridized carbons (Fsp3) is 0.200. The smallest absolute Gasteiger partial charge is 0.127 e. The predicted octanol–water partition coefficient (Wildman–Crippen LogP) is 2.59. The molecule has 0 spiro atoms. The number of aromatic nitrogens is 2. The van der Waals surface area contributed by atoms with Crippen LogP contribution in [-0.2, 0) is 5.41 Å². The summed E-state index contributed by atoms with van der Waals surface area (Å²) in [5, 5.41) is 18.5. The first-order chi connectivity index (χ1) is 9.33. The van der Waals surface area contributed by atoms with E-state index in [0.29, 0.717) is 18.5 Å². The molecule has 92 valence electrons. The molecule has 0 radical (unpaired) electrons. The van der Waals surface area contributed by atoms with E-state index in [1.54, 1.807) is 18.6 Å². The van der Waals surface area contributed by atoms with Gasteiger partial charge in [-0.1, -0.05) is 30.3 Å². The Bertz CT molecular complexity index is 569. The van der Waals surface area contributed by atoms with Crippen LogP contribution < -0.4 is 0 Å². The molecule has 1 unspecified atom stereocenters. The maximum absolute atomic E-state index is 9.68. The minimum absolute atomic E-state index is 0.291. The first-order valence-corrected chi connectivity index (χ1v) is 5.94. The topological polar surface area (TPSA) is 73.4 Å². The van der Waals surface area contributed by atoms with Crippen LogP contribution >= 0.6 is 0 Å². The van der Waals surface area contributed by atoms with Crippen LogP contribution in [0.25, 0.3) is 0 Å². The molecular formula is C15H12N4. The van der Waals surface area contributed by atoms with E-state index in [9.17, 15) is 5.26 Å². The van der Waals surface area contributed by atoms with Crippen LogP contribution in [0.4, 0.5) is 0 Å². The zero-order valence-electron chi connectivity index (χ0n) is 10.3. The summed E-state index contributed by atoms with van der Waals surface area (Å²) in [5.41, 5.74) is 0.512. The largest absolute Gasteiger partial charge is 0.261 e. The second-order valence-corrected chi connectivity index (χ2v) is 4.13. The van der Waals surface area contributed by atoms with E-state index >= 15 is 0 Å². The molecule has 2 aromatic rings. The van der Waals surface area contributed by atoms with Crippen molar-refractivity contribution in [3.05, 3.63) is 60.2 Å². The maximum Gasteiger partial charge on any atom is 0.127 e. The normalized spacial score (nSPS) is 12.9. The van der Waals surface area contributed by atoms with Gasteiger partial charge < -0.3 is 0 Å². The lowest BCUT2D eigenvalue weighted by molar-refractivity contribution is 0.582. The van der Waals surface area contributed by atoms with Gasteiger partial charge in [-0.05, 0) is 12.0 Å². The van der Waals surface area contributed by atoms with Gasteiger partial charge in [0.15, 0.2) is 0 Å². The minimum atomic E-state index is -0.911. The van der Waals surface area contributed by atoms with Gasteiger partial charge in [0.2, 0.25) is 0 Å². The van der Waals surface area contributed by atoms with Crippen LogP contribution in [0.3, 0.4) is 0 Å². The third-order valence-electron chi connectivity index (χ3n) is 3.07. The first-order valence-electron chi connectivity index (χ1n) is 5.94. The second-order valence-electron chi connectivity index (χ2n) is 4.13. The highest BCUT2D eigenvalue weighted by Gasteiger charge is 2.35. The molecule has 4 nitrogen and oxygen atoms in total. The highest BCUT2D eigenvalue weighted by Crippen LogP contribution is 2.34. The van der Waals surface area contributed by atoms with E-state index in [2.05, 4.69) is 22.1 Å². The van der Waals surface area contributed by atoms with Gasteiger partial charge in [-0.3, -0.25) is 9.97 Å². The molecule has 1 atom stereocenters. The van der Waals surface area contributed by atoms with Gasteiger partial charge in [0, 0.05) is 18.8 Å². The standard InChI is InChI=1S/C15H12N4/c16-8-4-7-15(12-17,13-5-2-1-3-6-13)14-11-18-9-10-19-14/h1-3,5-6,9-11H,4,7H2. The summed E-state index contributed by atoms with van der Waals surface area (Å²) < 4.78 is 0. The van der Waals surface area contributed by atoms with Crippen LogP contribution in [0, 0.1) is 22.7 Å². The van der Waals surface area contributed by atoms with Crippen molar-refractivity contribution < 1.29 is 0 Å². The molecule has 0 saturated heterocycles. The molecule has 2 rings (SSSR count). The summed E-state index contributed by atoms with van der Waals surface area (Å²) in [6.07, 6.45) is 5.42. The number of nitrogens with zero attached hydrogens (tertiary/aromatic N) is 4. The van der Waals surface area contributed by atoms with Gasteiger partial charge in [-0.15, -0.1) is 0 Å². The lowest BCUT2D eigenvalue weighted by Gasteiger charge is -2.25. The molecule has 0 N–H and O–H groups in total. The molecule has 19 heavy (non-hydrogen) atoms.